The van der Waals surface area contributed by atoms with Crippen LogP contribution in [0.1, 0.15) is 37.3 Å². The molecule has 0 radical (unpaired) electrons. The van der Waals surface area contributed by atoms with Gasteiger partial charge < -0.3 is 9.64 Å². The van der Waals surface area contributed by atoms with Crippen molar-refractivity contribution >= 4 is 22.9 Å². The zero-order chi connectivity index (χ0) is 21.3. The number of hydrogen-bond acceptors (Lipinski definition) is 5. The molecule has 2 aliphatic heterocycles. The molecule has 0 N–H and O–H groups in total. The molecule has 2 aliphatic rings. The van der Waals surface area contributed by atoms with Crippen LogP contribution in [-0.2, 0) is 16.0 Å². The zero-order valence-corrected chi connectivity index (χ0v) is 18.6. The number of aryl methyl sites for hydroxylation is 1. The van der Waals surface area contributed by atoms with Gasteiger partial charge in [0.25, 0.3) is 5.91 Å². The van der Waals surface area contributed by atoms with E-state index in [1.54, 1.807) is 34.4 Å². The van der Waals surface area contributed by atoms with E-state index in [9.17, 15) is 9.18 Å². The Morgan fingerprint density at radius 3 is 2.63 bits per heavy atom. The molecule has 30 heavy (non-hydrogen) atoms. The summed E-state index contributed by atoms with van der Waals surface area (Å²) in [4.78, 5) is 22.7. The minimum absolute atomic E-state index is 0.256. The second kappa shape index (κ2) is 8.47. The average molecular weight is 430 g/mol. The predicted octanol–water partition coefficient (Wildman–Crippen LogP) is 4.33. The highest BCUT2D eigenvalue weighted by molar-refractivity contribution is 7.09. The molecule has 0 saturated carbocycles. The van der Waals surface area contributed by atoms with E-state index in [4.69, 9.17) is 4.74 Å². The summed E-state index contributed by atoms with van der Waals surface area (Å²) in [6, 6.07) is 6.48. The summed E-state index contributed by atoms with van der Waals surface area (Å²) in [6.45, 7) is 8.97. The second-order valence-electron chi connectivity index (χ2n) is 8.41. The van der Waals surface area contributed by atoms with E-state index in [1.165, 1.54) is 10.9 Å². The monoisotopic (exact) mass is 429 g/mol. The minimum Gasteiger partial charge on any atom is -0.480 e. The number of anilines is 1. The van der Waals surface area contributed by atoms with Crippen molar-refractivity contribution in [1.29, 1.82) is 0 Å². The van der Waals surface area contributed by atoms with Crippen LogP contribution in [0.25, 0.3) is 0 Å². The number of rotatable bonds is 4. The van der Waals surface area contributed by atoms with Crippen molar-refractivity contribution in [2.45, 2.75) is 45.6 Å². The quantitative estimate of drug-likeness (QED) is 0.679. The van der Waals surface area contributed by atoms with Gasteiger partial charge in [0.05, 0.1) is 23.4 Å². The van der Waals surface area contributed by atoms with Crippen molar-refractivity contribution in [2.24, 2.45) is 0 Å². The fourth-order valence-electron chi connectivity index (χ4n) is 4.23. The normalized spacial score (nSPS) is 19.3. The first-order valence-corrected chi connectivity index (χ1v) is 11.3. The number of carbonyl (C=O) groups is 1. The van der Waals surface area contributed by atoms with Gasteiger partial charge in [0.1, 0.15) is 11.4 Å². The number of thiazole rings is 1. The summed E-state index contributed by atoms with van der Waals surface area (Å²) < 4.78 is 20.8. The highest BCUT2D eigenvalue weighted by Gasteiger charge is 2.46. The van der Waals surface area contributed by atoms with Crippen molar-refractivity contribution < 1.29 is 13.9 Å². The fraction of sp³-hybridized carbons (Fsp3) is 0.478. The summed E-state index contributed by atoms with van der Waals surface area (Å²) >= 11 is 1.71. The molecule has 1 spiro atoms. The molecule has 0 aliphatic carbocycles. The molecule has 2 aromatic rings. The fourth-order valence-corrected chi connectivity index (χ4v) is 5.00. The summed E-state index contributed by atoms with van der Waals surface area (Å²) in [5, 5.41) is 0. The molecule has 4 rings (SSSR count). The molecular formula is C23H28FN3O2S. The van der Waals surface area contributed by atoms with Crippen LogP contribution in [0.2, 0.25) is 0 Å². The smallest absolute Gasteiger partial charge is 0.293 e. The number of ether oxygens (including phenoxy) is 1. The standard InChI is InChI=1S/C23H28FN3O2S/c1-16(2)21-22(28)27(19-7-5-4-6-18(19)24)14-23(29-21)9-12-26(13-10-23)11-8-20-17(3)25-15-30-20/h4-7,15H,8-14H2,1-3H3. The van der Waals surface area contributed by atoms with Crippen molar-refractivity contribution in [3.05, 3.63) is 57.5 Å². The maximum atomic E-state index is 14.5. The molecule has 1 amide bonds. The SMILES string of the molecule is CC(C)=C1OC2(CCN(CCc3scnc3C)CC2)CN(c2ccccc2F)C1=O. The van der Waals surface area contributed by atoms with Gasteiger partial charge in [-0.05, 0) is 44.9 Å². The third kappa shape index (κ3) is 4.14. The van der Waals surface area contributed by atoms with Crippen LogP contribution in [0.5, 0.6) is 0 Å². The topological polar surface area (TPSA) is 45.7 Å². The number of morpholine rings is 1. The summed E-state index contributed by atoms with van der Waals surface area (Å²) in [7, 11) is 0. The van der Waals surface area contributed by atoms with Crippen LogP contribution in [0.4, 0.5) is 10.1 Å². The van der Waals surface area contributed by atoms with Crippen LogP contribution in [0.15, 0.2) is 41.1 Å². The molecule has 0 unspecified atom stereocenters. The third-order valence-corrected chi connectivity index (χ3v) is 7.06. The van der Waals surface area contributed by atoms with Crippen LogP contribution in [-0.4, -0.2) is 47.6 Å². The number of para-hydroxylation sites is 1. The van der Waals surface area contributed by atoms with E-state index in [0.717, 1.165) is 50.2 Å². The third-order valence-electron chi connectivity index (χ3n) is 6.07. The highest BCUT2D eigenvalue weighted by Crippen LogP contribution is 2.38. The van der Waals surface area contributed by atoms with Crippen molar-refractivity contribution in [2.75, 3.05) is 31.1 Å². The first-order valence-electron chi connectivity index (χ1n) is 10.4. The van der Waals surface area contributed by atoms with Gasteiger partial charge in [-0.15, -0.1) is 11.3 Å². The van der Waals surface area contributed by atoms with Gasteiger partial charge in [0, 0.05) is 37.4 Å². The number of benzene rings is 1. The van der Waals surface area contributed by atoms with Crippen molar-refractivity contribution in [3.8, 4) is 0 Å². The number of likely N-dealkylation sites (tertiary alicyclic amines) is 1. The number of halogens is 1. The van der Waals surface area contributed by atoms with E-state index < -0.39 is 5.60 Å². The number of carbonyl (C=O) groups excluding carboxylic acids is 1. The Bertz CT molecular complexity index is 959. The lowest BCUT2D eigenvalue weighted by Crippen LogP contribution is -2.58. The van der Waals surface area contributed by atoms with Gasteiger partial charge in [-0.25, -0.2) is 9.37 Å². The van der Waals surface area contributed by atoms with Crippen LogP contribution < -0.4 is 4.90 Å². The Labute approximate surface area is 181 Å². The molecule has 0 atom stereocenters. The number of aromatic nitrogens is 1. The molecule has 7 heteroatoms. The molecule has 0 bridgehead atoms. The van der Waals surface area contributed by atoms with Gasteiger partial charge in [0.2, 0.25) is 0 Å². The lowest BCUT2D eigenvalue weighted by Gasteiger charge is -2.48. The van der Waals surface area contributed by atoms with Gasteiger partial charge in [-0.2, -0.15) is 0 Å². The van der Waals surface area contributed by atoms with Gasteiger partial charge in [-0.1, -0.05) is 12.1 Å². The Kier molecular flexibility index (Phi) is 5.93. The Morgan fingerprint density at radius 1 is 1.27 bits per heavy atom. The summed E-state index contributed by atoms with van der Waals surface area (Å²) in [5.74, 6) is -0.277. The van der Waals surface area contributed by atoms with Gasteiger partial charge in [0.15, 0.2) is 5.76 Å². The van der Waals surface area contributed by atoms with Crippen LogP contribution >= 0.6 is 11.3 Å². The Hall–Kier alpha value is -2.25. The number of hydrogen-bond donors (Lipinski definition) is 0. The first-order chi connectivity index (χ1) is 14.4. The van der Waals surface area contributed by atoms with E-state index in [2.05, 4.69) is 16.8 Å². The van der Waals surface area contributed by atoms with E-state index in [1.807, 2.05) is 19.4 Å². The molecule has 3 heterocycles. The largest absolute Gasteiger partial charge is 0.480 e. The number of amides is 1. The summed E-state index contributed by atoms with van der Waals surface area (Å²) in [5.41, 5.74) is 3.70. The lowest BCUT2D eigenvalue weighted by atomic mass is 9.88. The molecule has 2 fully saturated rings. The summed E-state index contributed by atoms with van der Waals surface area (Å²) in [6.07, 6.45) is 2.62. The molecular weight excluding hydrogens is 401 g/mol. The average Bonchev–Trinajstić information content (AvgIpc) is 3.14. The minimum atomic E-state index is -0.473. The number of allylic oxidation sites excluding steroid dienone is 1. The van der Waals surface area contributed by atoms with Crippen molar-refractivity contribution in [1.82, 2.24) is 9.88 Å². The maximum absolute atomic E-state index is 14.5. The molecule has 5 nitrogen and oxygen atoms in total. The second-order valence-corrected chi connectivity index (χ2v) is 9.35. The van der Waals surface area contributed by atoms with Crippen molar-refractivity contribution in [3.63, 3.8) is 0 Å². The molecule has 2 saturated heterocycles. The number of nitrogens with zero attached hydrogens (tertiary/aromatic N) is 3. The predicted molar refractivity (Wildman–Crippen MR) is 117 cm³/mol. The molecule has 1 aromatic carbocycles. The molecule has 1 aromatic heterocycles. The van der Waals surface area contributed by atoms with Gasteiger partial charge in [-0.3, -0.25) is 9.69 Å². The van der Waals surface area contributed by atoms with E-state index >= 15 is 0 Å². The Balaban J connectivity index is 1.49. The van der Waals surface area contributed by atoms with E-state index in [-0.39, 0.29) is 11.7 Å². The molecule has 160 valence electrons. The van der Waals surface area contributed by atoms with E-state index in [0.29, 0.717) is 18.0 Å². The van der Waals surface area contributed by atoms with Gasteiger partial charge >= 0.3 is 0 Å². The highest BCUT2D eigenvalue weighted by atomic mass is 32.1. The maximum Gasteiger partial charge on any atom is 0.293 e. The van der Waals surface area contributed by atoms with Crippen LogP contribution in [0.3, 0.4) is 0 Å². The zero-order valence-electron chi connectivity index (χ0n) is 17.8. The number of piperidine rings is 1. The lowest BCUT2D eigenvalue weighted by molar-refractivity contribution is -0.132. The first kappa shape index (κ1) is 21.0. The van der Waals surface area contributed by atoms with Crippen LogP contribution in [0, 0.1) is 12.7 Å². The Morgan fingerprint density at radius 2 is 2.00 bits per heavy atom.